The lowest BCUT2D eigenvalue weighted by Crippen LogP contribution is -2.40. The highest BCUT2D eigenvalue weighted by atomic mass is 16.5. The van der Waals surface area contributed by atoms with Crippen LogP contribution in [0.5, 0.6) is 0 Å². The Bertz CT molecular complexity index is 422. The topological polar surface area (TPSA) is 112 Å². The normalized spacial score (nSPS) is 23.4. The van der Waals surface area contributed by atoms with Gasteiger partial charge in [-0.05, 0) is 6.42 Å². The van der Waals surface area contributed by atoms with Crippen LogP contribution in [0.4, 0.5) is 10.8 Å². The average molecular weight is 256 g/mol. The summed E-state index contributed by atoms with van der Waals surface area (Å²) in [5.41, 5.74) is 0. The van der Waals surface area contributed by atoms with Crippen molar-refractivity contribution in [2.75, 3.05) is 18.5 Å². The highest BCUT2D eigenvalue weighted by Gasteiger charge is 2.34. The molecule has 1 aromatic heterocycles. The number of carbonyl (C=O) groups is 1. The molecule has 2 heterocycles. The molecule has 1 saturated heterocycles. The fourth-order valence-corrected chi connectivity index (χ4v) is 1.93. The molecule has 0 bridgehead atoms. The zero-order chi connectivity index (χ0) is 13.1. The van der Waals surface area contributed by atoms with Gasteiger partial charge in [0, 0.05) is 13.0 Å². The Hall–Kier alpha value is -1.67. The second-order valence-electron chi connectivity index (χ2n) is 4.18. The summed E-state index contributed by atoms with van der Waals surface area (Å²) in [7, 11) is 0. The van der Waals surface area contributed by atoms with Crippen LogP contribution in [0.15, 0.2) is 4.52 Å². The molecule has 2 atom stereocenters. The maximum absolute atomic E-state index is 11.9. The van der Waals surface area contributed by atoms with Gasteiger partial charge in [-0.1, -0.05) is 12.1 Å². The third-order valence-electron chi connectivity index (χ3n) is 2.86. The SMILES string of the molecule is CCc1noc(NC(=O)N2C[C@@H](O)C[C@H]2CO)n1. The summed E-state index contributed by atoms with van der Waals surface area (Å²) < 4.78 is 4.84. The van der Waals surface area contributed by atoms with Crippen molar-refractivity contribution in [1.29, 1.82) is 0 Å². The number of hydrogen-bond acceptors (Lipinski definition) is 6. The van der Waals surface area contributed by atoms with E-state index >= 15 is 0 Å². The van der Waals surface area contributed by atoms with Crippen LogP contribution >= 0.6 is 0 Å². The van der Waals surface area contributed by atoms with Crippen LogP contribution in [0.3, 0.4) is 0 Å². The second kappa shape index (κ2) is 5.32. The molecule has 3 N–H and O–H groups in total. The molecule has 1 aliphatic heterocycles. The molecule has 0 aliphatic carbocycles. The van der Waals surface area contributed by atoms with E-state index in [4.69, 9.17) is 9.63 Å². The first kappa shape index (κ1) is 12.8. The molecule has 0 saturated carbocycles. The molecule has 1 fully saturated rings. The molecule has 1 aliphatic rings. The Kier molecular flexibility index (Phi) is 3.78. The van der Waals surface area contributed by atoms with Gasteiger partial charge in [-0.3, -0.25) is 5.32 Å². The van der Waals surface area contributed by atoms with Gasteiger partial charge in [-0.15, -0.1) is 0 Å². The second-order valence-corrected chi connectivity index (χ2v) is 4.18. The lowest BCUT2D eigenvalue weighted by atomic mass is 10.2. The Morgan fingerprint density at radius 3 is 3.06 bits per heavy atom. The van der Waals surface area contributed by atoms with Gasteiger partial charge in [0.1, 0.15) is 0 Å². The fourth-order valence-electron chi connectivity index (χ4n) is 1.93. The Morgan fingerprint density at radius 2 is 2.44 bits per heavy atom. The summed E-state index contributed by atoms with van der Waals surface area (Å²) in [4.78, 5) is 17.2. The van der Waals surface area contributed by atoms with E-state index in [0.29, 0.717) is 18.7 Å². The van der Waals surface area contributed by atoms with Gasteiger partial charge in [0.2, 0.25) is 0 Å². The largest absolute Gasteiger partial charge is 0.394 e. The van der Waals surface area contributed by atoms with Crippen molar-refractivity contribution in [1.82, 2.24) is 15.0 Å². The summed E-state index contributed by atoms with van der Waals surface area (Å²) in [6.45, 7) is 1.87. The molecule has 100 valence electrons. The first-order chi connectivity index (χ1) is 8.63. The van der Waals surface area contributed by atoms with E-state index < -0.39 is 12.1 Å². The standard InChI is InChI=1S/C10H16N4O4/c1-2-8-11-9(18-13-8)12-10(17)14-4-7(16)3-6(14)5-15/h6-7,15-16H,2-5H2,1H3,(H,11,12,13,17)/t6-,7-/m0/s1. The number of aliphatic hydroxyl groups excluding tert-OH is 2. The van der Waals surface area contributed by atoms with Crippen molar-refractivity contribution in [3.05, 3.63) is 5.82 Å². The number of aryl methyl sites for hydroxylation is 1. The Labute approximate surface area is 104 Å². The van der Waals surface area contributed by atoms with Gasteiger partial charge < -0.3 is 19.6 Å². The van der Waals surface area contributed by atoms with Gasteiger partial charge in [0.05, 0.1) is 18.8 Å². The molecule has 1 aromatic rings. The summed E-state index contributed by atoms with van der Waals surface area (Å²) in [5.74, 6) is 0.505. The highest BCUT2D eigenvalue weighted by molar-refractivity contribution is 5.87. The first-order valence-electron chi connectivity index (χ1n) is 5.83. The van der Waals surface area contributed by atoms with E-state index in [1.165, 1.54) is 4.90 Å². The van der Waals surface area contributed by atoms with Gasteiger partial charge in [0.15, 0.2) is 5.82 Å². The summed E-state index contributed by atoms with van der Waals surface area (Å²) >= 11 is 0. The van der Waals surface area contributed by atoms with Crippen LogP contribution < -0.4 is 5.32 Å². The van der Waals surface area contributed by atoms with Crippen molar-refractivity contribution >= 4 is 12.0 Å². The quantitative estimate of drug-likeness (QED) is 0.678. The minimum absolute atomic E-state index is 0.0231. The molecule has 2 amide bonds. The van der Waals surface area contributed by atoms with Gasteiger partial charge in [0.25, 0.3) is 0 Å². The number of aliphatic hydroxyl groups is 2. The molecule has 0 unspecified atom stereocenters. The molecule has 0 spiro atoms. The lowest BCUT2D eigenvalue weighted by Gasteiger charge is -2.21. The summed E-state index contributed by atoms with van der Waals surface area (Å²) in [6, 6.07) is -0.819. The Balaban J connectivity index is 1.98. The molecule has 2 rings (SSSR count). The number of hydrogen-bond donors (Lipinski definition) is 3. The van der Waals surface area contributed by atoms with Crippen molar-refractivity contribution < 1.29 is 19.5 Å². The van der Waals surface area contributed by atoms with E-state index in [-0.39, 0.29) is 25.2 Å². The molecular weight excluding hydrogens is 240 g/mol. The molecule has 18 heavy (non-hydrogen) atoms. The van der Waals surface area contributed by atoms with Crippen LogP contribution in [0.2, 0.25) is 0 Å². The van der Waals surface area contributed by atoms with E-state index in [2.05, 4.69) is 15.5 Å². The number of aromatic nitrogens is 2. The number of likely N-dealkylation sites (tertiary alicyclic amines) is 1. The van der Waals surface area contributed by atoms with Crippen LogP contribution in [0, 0.1) is 0 Å². The van der Waals surface area contributed by atoms with Crippen molar-refractivity contribution in [3.63, 3.8) is 0 Å². The van der Waals surface area contributed by atoms with Gasteiger partial charge in [-0.2, -0.15) is 4.98 Å². The summed E-state index contributed by atoms with van der Waals surface area (Å²) in [5, 5.41) is 24.7. The van der Waals surface area contributed by atoms with Crippen molar-refractivity contribution in [2.24, 2.45) is 0 Å². The van der Waals surface area contributed by atoms with Crippen LogP contribution in [-0.2, 0) is 6.42 Å². The van der Waals surface area contributed by atoms with Gasteiger partial charge >= 0.3 is 12.0 Å². The number of nitrogens with zero attached hydrogens (tertiary/aromatic N) is 3. The van der Waals surface area contributed by atoms with Crippen molar-refractivity contribution in [3.8, 4) is 0 Å². The molecule has 8 nitrogen and oxygen atoms in total. The third-order valence-corrected chi connectivity index (χ3v) is 2.86. The number of nitrogens with one attached hydrogen (secondary N) is 1. The smallest absolute Gasteiger partial charge is 0.329 e. The summed E-state index contributed by atoms with van der Waals surface area (Å²) in [6.07, 6.45) is 0.372. The minimum atomic E-state index is -0.609. The zero-order valence-electron chi connectivity index (χ0n) is 10.0. The monoisotopic (exact) mass is 256 g/mol. The predicted octanol–water partition coefficient (Wildman–Crippen LogP) is -0.409. The van der Waals surface area contributed by atoms with Crippen LogP contribution in [0.25, 0.3) is 0 Å². The molecule has 0 radical (unpaired) electrons. The number of amides is 2. The number of β-amino-alcohol motifs (C(OH)–C–C–N with tert-alkyl or cyclic N) is 1. The highest BCUT2D eigenvalue weighted by Crippen LogP contribution is 2.18. The average Bonchev–Trinajstić information content (AvgIpc) is 2.95. The van der Waals surface area contributed by atoms with E-state index in [1.807, 2.05) is 6.92 Å². The maximum Gasteiger partial charge on any atom is 0.329 e. The van der Waals surface area contributed by atoms with E-state index in [9.17, 15) is 9.90 Å². The molecular formula is C10H16N4O4. The molecule has 8 heteroatoms. The number of urea groups is 1. The van der Waals surface area contributed by atoms with Crippen LogP contribution in [0.1, 0.15) is 19.2 Å². The first-order valence-corrected chi connectivity index (χ1v) is 5.83. The third kappa shape index (κ3) is 2.59. The zero-order valence-corrected chi connectivity index (χ0v) is 10.0. The maximum atomic E-state index is 11.9. The number of rotatable bonds is 3. The number of anilines is 1. The van der Waals surface area contributed by atoms with E-state index in [0.717, 1.165) is 0 Å². The van der Waals surface area contributed by atoms with E-state index in [1.54, 1.807) is 0 Å². The van der Waals surface area contributed by atoms with Gasteiger partial charge in [-0.25, -0.2) is 4.79 Å². The number of carbonyl (C=O) groups excluding carboxylic acids is 1. The van der Waals surface area contributed by atoms with Crippen molar-refractivity contribution in [2.45, 2.75) is 31.9 Å². The Morgan fingerprint density at radius 1 is 1.67 bits per heavy atom. The predicted molar refractivity (Wildman–Crippen MR) is 60.9 cm³/mol. The minimum Gasteiger partial charge on any atom is -0.394 e. The van der Waals surface area contributed by atoms with Crippen LogP contribution in [-0.4, -0.2) is 56.6 Å². The lowest BCUT2D eigenvalue weighted by molar-refractivity contribution is 0.164. The molecule has 0 aromatic carbocycles. The fraction of sp³-hybridized carbons (Fsp3) is 0.700.